The molecule has 0 radical (unpaired) electrons. The van der Waals surface area contributed by atoms with Gasteiger partial charge in [-0.05, 0) is 110 Å². The van der Waals surface area contributed by atoms with Crippen molar-refractivity contribution in [1.29, 1.82) is 0 Å². The van der Waals surface area contributed by atoms with Crippen LogP contribution in [-0.2, 0) is 25.6 Å². The number of fused-ring (bicyclic) bond motifs is 2. The number of aliphatic hydroxyl groups excluding tert-OH is 2. The predicted molar refractivity (Wildman–Crippen MR) is 257 cm³/mol. The molecule has 15 nitrogen and oxygen atoms in total. The number of anilines is 1. The van der Waals surface area contributed by atoms with Gasteiger partial charge in [0.05, 0.1) is 51.4 Å². The number of unbranched alkanes of at least 4 members (excludes halogenated alkanes) is 2. The van der Waals surface area contributed by atoms with Crippen LogP contribution in [0.2, 0.25) is 0 Å². The minimum absolute atomic E-state index is 0.00578. The van der Waals surface area contributed by atoms with Gasteiger partial charge in [-0.1, -0.05) is 48.4 Å². The fraction of sp³-hybridized carbons (Fsp3) is 0.491. The first kappa shape index (κ1) is 50.9. The molecule has 1 saturated heterocycles. The number of oxime groups is 1. The number of methoxy groups -OCH3 is 2. The van der Waals surface area contributed by atoms with Crippen molar-refractivity contribution in [3.8, 4) is 23.0 Å². The SMILES string of the molecule is C=CCCOC(=O)N(Cc1ccc(F)cc1)C1CC(=NOC2CCCCO2)C2=CC(CCCCO)C(CCCCO)C3c4cc(OC(=O)Nc5ccc(OC)cc5OC)ccc4OC1(OCC=C)C23. The third-order valence-corrected chi connectivity index (χ3v) is 13.3. The van der Waals surface area contributed by atoms with Crippen LogP contribution in [-0.4, -0.2) is 98.4 Å². The van der Waals surface area contributed by atoms with Crippen molar-refractivity contribution in [1.82, 2.24) is 4.90 Å². The number of hydrogen-bond acceptors (Lipinski definition) is 13. The Labute approximate surface area is 403 Å². The third kappa shape index (κ3) is 12.1. The number of halogens is 1. The Morgan fingerprint density at radius 1 is 0.957 bits per heavy atom. The molecule has 0 bridgehead atoms. The second-order valence-corrected chi connectivity index (χ2v) is 17.7. The van der Waals surface area contributed by atoms with Crippen LogP contribution in [0, 0.1) is 23.6 Å². The highest BCUT2D eigenvalue weighted by Gasteiger charge is 2.66. The van der Waals surface area contributed by atoms with Gasteiger partial charge in [0.15, 0.2) is 0 Å². The fourth-order valence-corrected chi connectivity index (χ4v) is 10.2. The Balaban J connectivity index is 1.41. The minimum Gasteiger partial charge on any atom is -0.497 e. The maximum absolute atomic E-state index is 14.7. The Kier molecular flexibility index (Phi) is 18.1. The highest BCUT2D eigenvalue weighted by atomic mass is 19.1. The van der Waals surface area contributed by atoms with E-state index < -0.39 is 48.0 Å². The average molecular weight is 956 g/mol. The molecule has 0 aromatic heterocycles. The van der Waals surface area contributed by atoms with Crippen LogP contribution in [0.25, 0.3) is 0 Å². The van der Waals surface area contributed by atoms with Crippen molar-refractivity contribution in [2.75, 3.05) is 52.6 Å². The lowest BCUT2D eigenvalue weighted by molar-refractivity contribution is -0.256. The lowest BCUT2D eigenvalue weighted by Gasteiger charge is -2.59. The molecule has 3 aromatic rings. The maximum Gasteiger partial charge on any atom is 0.417 e. The van der Waals surface area contributed by atoms with Crippen LogP contribution in [0.3, 0.4) is 0 Å². The molecule has 2 amide bonds. The van der Waals surface area contributed by atoms with E-state index in [4.69, 9.17) is 43.2 Å². The van der Waals surface area contributed by atoms with Crippen molar-refractivity contribution in [3.05, 3.63) is 115 Å². The summed E-state index contributed by atoms with van der Waals surface area (Å²) < 4.78 is 57.6. The zero-order valence-electron chi connectivity index (χ0n) is 39.7. The second kappa shape index (κ2) is 24.6. The largest absolute Gasteiger partial charge is 0.497 e. The predicted octanol–water partition coefficient (Wildman–Crippen LogP) is 9.83. The Bertz CT molecular complexity index is 2280. The number of rotatable bonds is 23. The monoisotopic (exact) mass is 955 g/mol. The summed E-state index contributed by atoms with van der Waals surface area (Å²) in [5, 5.41) is 27.7. The van der Waals surface area contributed by atoms with E-state index in [1.807, 2.05) is 6.07 Å². The van der Waals surface area contributed by atoms with Gasteiger partial charge in [0.25, 0.3) is 0 Å². The Morgan fingerprint density at radius 3 is 2.45 bits per heavy atom. The molecule has 2 aliphatic heterocycles. The first-order valence-electron chi connectivity index (χ1n) is 24.0. The summed E-state index contributed by atoms with van der Waals surface area (Å²) in [4.78, 5) is 36.2. The number of nitrogens with one attached hydrogen (secondary N) is 1. The van der Waals surface area contributed by atoms with E-state index >= 15 is 0 Å². The standard InChI is InChI=1S/C53H66FN3O12/c1-5-7-28-65-52(61)57(34-35-17-19-37(54)20-18-35)47-33-44(56-69-48-16-10-13-29-64-48)41-30-36(14-8-11-25-58)40(15-9-12-26-59)49-42-31-39(22-24-45(42)68-53(47,50(41)49)66-27-6-2)67-51(60)55-43-23-21-38(62-3)32-46(43)63-4/h5-6,17-24,30-32,36,40,47-50,58-59H,1-2,7-16,25-29,33-34H2,3-4H3,(H,55,60). The third-order valence-electron chi connectivity index (χ3n) is 13.3. The van der Waals surface area contributed by atoms with Gasteiger partial charge in [-0.15, -0.1) is 13.2 Å². The molecule has 2 heterocycles. The highest BCUT2D eigenvalue weighted by Crippen LogP contribution is 2.62. The molecule has 69 heavy (non-hydrogen) atoms. The number of benzene rings is 3. The molecule has 4 aliphatic rings. The van der Waals surface area contributed by atoms with Crippen LogP contribution in [0.1, 0.15) is 87.7 Å². The summed E-state index contributed by atoms with van der Waals surface area (Å²) in [7, 11) is 3.03. The van der Waals surface area contributed by atoms with Gasteiger partial charge in [0.2, 0.25) is 12.1 Å². The Hall–Kier alpha value is -5.94. The van der Waals surface area contributed by atoms with Gasteiger partial charge in [-0.2, -0.15) is 0 Å². The summed E-state index contributed by atoms with van der Waals surface area (Å²) in [6.45, 7) is 8.50. The molecule has 7 unspecified atom stereocenters. The number of carbonyl (C=O) groups excluding carboxylic acids is 2. The summed E-state index contributed by atoms with van der Waals surface area (Å²) in [5.74, 6) is -1.69. The molecule has 3 aromatic carbocycles. The highest BCUT2D eigenvalue weighted by molar-refractivity contribution is 6.03. The fourth-order valence-electron chi connectivity index (χ4n) is 10.2. The molecule has 1 saturated carbocycles. The zero-order chi connectivity index (χ0) is 48.8. The molecule has 372 valence electrons. The summed E-state index contributed by atoms with van der Waals surface area (Å²) >= 11 is 0. The van der Waals surface area contributed by atoms with Crippen LogP contribution < -0.4 is 24.3 Å². The van der Waals surface area contributed by atoms with Crippen LogP contribution >= 0.6 is 0 Å². The van der Waals surface area contributed by atoms with Crippen LogP contribution in [0.4, 0.5) is 19.7 Å². The van der Waals surface area contributed by atoms with E-state index in [0.717, 1.165) is 36.8 Å². The number of aliphatic hydroxyl groups is 2. The summed E-state index contributed by atoms with van der Waals surface area (Å²) in [5.41, 5.74) is 3.13. The average Bonchev–Trinajstić information content (AvgIpc) is 3.36. The van der Waals surface area contributed by atoms with Gasteiger partial charge in [-0.3, -0.25) is 10.2 Å². The van der Waals surface area contributed by atoms with E-state index in [2.05, 4.69) is 24.6 Å². The first-order chi connectivity index (χ1) is 33.7. The normalized spacial score (nSPS) is 24.1. The molecular weight excluding hydrogens is 890 g/mol. The zero-order valence-corrected chi connectivity index (χ0v) is 39.7. The molecule has 2 fully saturated rings. The topological polar surface area (TPSA) is 176 Å². The molecule has 7 atom stereocenters. The molecule has 16 heteroatoms. The van der Waals surface area contributed by atoms with Crippen LogP contribution in [0.5, 0.6) is 23.0 Å². The number of amides is 2. The molecule has 3 N–H and O–H groups in total. The van der Waals surface area contributed by atoms with E-state index in [9.17, 15) is 24.2 Å². The van der Waals surface area contributed by atoms with E-state index in [1.54, 1.807) is 59.5 Å². The van der Waals surface area contributed by atoms with Gasteiger partial charge in [-0.25, -0.2) is 14.0 Å². The lowest BCUT2D eigenvalue weighted by atomic mass is 9.55. The van der Waals surface area contributed by atoms with Crippen molar-refractivity contribution in [3.63, 3.8) is 0 Å². The van der Waals surface area contributed by atoms with Crippen LogP contribution in [0.15, 0.2) is 103 Å². The summed E-state index contributed by atoms with van der Waals surface area (Å²) in [6.07, 6.45) is 10.6. The Morgan fingerprint density at radius 2 is 1.74 bits per heavy atom. The number of ether oxygens (including phenoxy) is 7. The minimum atomic E-state index is -1.62. The maximum atomic E-state index is 14.7. The molecule has 7 rings (SSSR count). The van der Waals surface area contributed by atoms with Crippen molar-refractivity contribution < 1.29 is 62.2 Å². The number of nitrogens with zero attached hydrogens (tertiary/aromatic N) is 2. The van der Waals surface area contributed by atoms with Gasteiger partial charge in [0, 0.05) is 50.1 Å². The molecule has 0 spiro atoms. The number of hydrogen-bond donors (Lipinski definition) is 3. The van der Waals surface area contributed by atoms with Crippen molar-refractivity contribution in [2.24, 2.45) is 22.9 Å². The summed E-state index contributed by atoms with van der Waals surface area (Å²) in [6, 6.07) is 15.2. The van der Waals surface area contributed by atoms with E-state index in [-0.39, 0.29) is 57.0 Å². The van der Waals surface area contributed by atoms with Gasteiger partial charge >= 0.3 is 12.2 Å². The van der Waals surface area contributed by atoms with Gasteiger partial charge in [0.1, 0.15) is 34.9 Å². The molecule has 2 aliphatic carbocycles. The van der Waals surface area contributed by atoms with E-state index in [1.165, 1.54) is 26.4 Å². The van der Waals surface area contributed by atoms with Crippen molar-refractivity contribution in [2.45, 2.75) is 101 Å². The number of allylic oxidation sites excluding steroid dienone is 1. The molecular formula is C53H66FN3O12. The van der Waals surface area contributed by atoms with Crippen molar-refractivity contribution >= 4 is 23.6 Å². The quantitative estimate of drug-likeness (QED) is 0.0467. The van der Waals surface area contributed by atoms with E-state index in [0.29, 0.717) is 79.3 Å². The second-order valence-electron chi connectivity index (χ2n) is 17.7. The first-order valence-corrected chi connectivity index (χ1v) is 24.0. The lowest BCUT2D eigenvalue weighted by Crippen LogP contribution is -2.70. The number of carbonyl (C=O) groups is 2. The smallest absolute Gasteiger partial charge is 0.417 e. The van der Waals surface area contributed by atoms with Gasteiger partial charge < -0.3 is 48.2 Å².